The van der Waals surface area contributed by atoms with Crippen molar-refractivity contribution in [2.45, 2.75) is 19.4 Å². The van der Waals surface area contributed by atoms with Gasteiger partial charge in [-0.2, -0.15) is 0 Å². The molecule has 1 fully saturated rings. The number of benzene rings is 1. The standard InChI is InChI=1S/C12H14ClFN2O/c13-9-5-8(1-2-10(9)14)6-16-11(17)12(7-15)3-4-12/h1-2,5H,3-4,6-7,15H2,(H,16,17). The summed E-state index contributed by atoms with van der Waals surface area (Å²) in [4.78, 5) is 11.8. The molecule has 1 aromatic carbocycles. The van der Waals surface area contributed by atoms with Crippen LogP contribution in [0.1, 0.15) is 18.4 Å². The molecule has 0 unspecified atom stereocenters. The summed E-state index contributed by atoms with van der Waals surface area (Å²) in [5, 5.41) is 2.87. The van der Waals surface area contributed by atoms with Crippen molar-refractivity contribution < 1.29 is 9.18 Å². The molecule has 17 heavy (non-hydrogen) atoms. The van der Waals surface area contributed by atoms with Crippen molar-refractivity contribution in [2.24, 2.45) is 11.1 Å². The first kappa shape index (κ1) is 12.3. The molecular formula is C12H14ClFN2O. The molecule has 0 heterocycles. The van der Waals surface area contributed by atoms with Crippen LogP contribution < -0.4 is 11.1 Å². The fraction of sp³-hybridized carbons (Fsp3) is 0.417. The molecule has 0 bridgehead atoms. The van der Waals surface area contributed by atoms with Crippen molar-refractivity contribution in [2.75, 3.05) is 6.54 Å². The minimum atomic E-state index is -0.456. The SMILES string of the molecule is NCC1(C(=O)NCc2ccc(F)c(Cl)c2)CC1. The predicted molar refractivity (Wildman–Crippen MR) is 64.0 cm³/mol. The van der Waals surface area contributed by atoms with Crippen molar-refractivity contribution in [1.82, 2.24) is 5.32 Å². The predicted octanol–water partition coefficient (Wildman–Crippen LogP) is 1.83. The van der Waals surface area contributed by atoms with Crippen LogP contribution in [0.4, 0.5) is 4.39 Å². The Balaban J connectivity index is 1.94. The zero-order valence-corrected chi connectivity index (χ0v) is 10.1. The molecule has 0 saturated heterocycles. The summed E-state index contributed by atoms with van der Waals surface area (Å²) >= 11 is 5.65. The minimum absolute atomic E-state index is 0.0274. The molecule has 0 radical (unpaired) electrons. The molecular weight excluding hydrogens is 243 g/mol. The van der Waals surface area contributed by atoms with Crippen molar-refractivity contribution >= 4 is 17.5 Å². The van der Waals surface area contributed by atoms with Crippen LogP contribution in [0.5, 0.6) is 0 Å². The van der Waals surface area contributed by atoms with Gasteiger partial charge in [0.2, 0.25) is 5.91 Å². The highest BCUT2D eigenvalue weighted by molar-refractivity contribution is 6.30. The second-order valence-electron chi connectivity index (χ2n) is 4.42. The van der Waals surface area contributed by atoms with E-state index in [1.807, 2.05) is 0 Å². The molecule has 0 aromatic heterocycles. The molecule has 1 aliphatic rings. The van der Waals surface area contributed by atoms with Crippen molar-refractivity contribution in [3.63, 3.8) is 0 Å². The highest BCUT2D eigenvalue weighted by Gasteiger charge is 2.48. The van der Waals surface area contributed by atoms with E-state index >= 15 is 0 Å². The first-order valence-electron chi connectivity index (χ1n) is 5.50. The summed E-state index contributed by atoms with van der Waals surface area (Å²) in [5.74, 6) is -0.484. The van der Waals surface area contributed by atoms with Crippen LogP contribution in [0.15, 0.2) is 18.2 Å². The topological polar surface area (TPSA) is 55.1 Å². The van der Waals surface area contributed by atoms with E-state index in [2.05, 4.69) is 5.32 Å². The van der Waals surface area contributed by atoms with Gasteiger partial charge in [-0.15, -0.1) is 0 Å². The Morgan fingerprint density at radius 3 is 2.76 bits per heavy atom. The summed E-state index contributed by atoms with van der Waals surface area (Å²) in [6.45, 7) is 0.726. The van der Waals surface area contributed by atoms with Gasteiger partial charge in [-0.3, -0.25) is 4.79 Å². The normalized spacial score (nSPS) is 16.6. The largest absolute Gasteiger partial charge is 0.352 e. The maximum Gasteiger partial charge on any atom is 0.227 e. The molecule has 1 saturated carbocycles. The van der Waals surface area contributed by atoms with Gasteiger partial charge in [0.25, 0.3) is 0 Å². The monoisotopic (exact) mass is 256 g/mol. The Morgan fingerprint density at radius 1 is 1.53 bits per heavy atom. The molecule has 1 amide bonds. The number of amides is 1. The minimum Gasteiger partial charge on any atom is -0.352 e. The molecule has 92 valence electrons. The lowest BCUT2D eigenvalue weighted by molar-refractivity contribution is -0.126. The average molecular weight is 257 g/mol. The van der Waals surface area contributed by atoms with E-state index in [4.69, 9.17) is 17.3 Å². The second-order valence-corrected chi connectivity index (χ2v) is 4.82. The number of carbonyl (C=O) groups excluding carboxylic acids is 1. The third-order valence-electron chi connectivity index (χ3n) is 3.16. The van der Waals surface area contributed by atoms with Crippen LogP contribution in [0.3, 0.4) is 0 Å². The van der Waals surface area contributed by atoms with E-state index in [0.717, 1.165) is 18.4 Å². The third kappa shape index (κ3) is 2.58. The Bertz CT molecular complexity index is 446. The summed E-state index contributed by atoms with van der Waals surface area (Å²) in [5.41, 5.74) is 5.97. The zero-order chi connectivity index (χ0) is 12.5. The van der Waals surface area contributed by atoms with Crippen LogP contribution in [0.2, 0.25) is 5.02 Å². The lowest BCUT2D eigenvalue weighted by Crippen LogP contribution is -2.36. The first-order valence-corrected chi connectivity index (χ1v) is 5.87. The van der Waals surface area contributed by atoms with Gasteiger partial charge < -0.3 is 11.1 Å². The van der Waals surface area contributed by atoms with Crippen molar-refractivity contribution in [3.8, 4) is 0 Å². The molecule has 1 aliphatic carbocycles. The Morgan fingerprint density at radius 2 is 2.24 bits per heavy atom. The Labute approximate surface area is 104 Å². The fourth-order valence-corrected chi connectivity index (χ4v) is 1.90. The van der Waals surface area contributed by atoms with Gasteiger partial charge >= 0.3 is 0 Å². The van der Waals surface area contributed by atoms with E-state index in [0.29, 0.717) is 13.1 Å². The highest BCUT2D eigenvalue weighted by Crippen LogP contribution is 2.44. The summed E-state index contributed by atoms with van der Waals surface area (Å²) in [6, 6.07) is 4.41. The third-order valence-corrected chi connectivity index (χ3v) is 3.45. The van der Waals surface area contributed by atoms with E-state index in [-0.39, 0.29) is 16.3 Å². The quantitative estimate of drug-likeness (QED) is 0.864. The maximum atomic E-state index is 12.9. The van der Waals surface area contributed by atoms with Gasteiger partial charge in [-0.05, 0) is 30.5 Å². The maximum absolute atomic E-state index is 12.9. The van der Waals surface area contributed by atoms with Gasteiger partial charge in [-0.1, -0.05) is 17.7 Å². The first-order chi connectivity index (χ1) is 8.07. The van der Waals surface area contributed by atoms with E-state index < -0.39 is 5.82 Å². The second kappa shape index (κ2) is 4.63. The van der Waals surface area contributed by atoms with E-state index in [9.17, 15) is 9.18 Å². The van der Waals surface area contributed by atoms with E-state index in [1.165, 1.54) is 12.1 Å². The number of rotatable bonds is 4. The van der Waals surface area contributed by atoms with E-state index in [1.54, 1.807) is 6.07 Å². The highest BCUT2D eigenvalue weighted by atomic mass is 35.5. The number of carbonyl (C=O) groups is 1. The summed E-state index contributed by atoms with van der Waals surface area (Å²) < 4.78 is 12.9. The van der Waals surface area contributed by atoms with Gasteiger partial charge in [0, 0.05) is 13.1 Å². The van der Waals surface area contributed by atoms with Crippen molar-refractivity contribution in [1.29, 1.82) is 0 Å². The molecule has 5 heteroatoms. The fourth-order valence-electron chi connectivity index (χ4n) is 1.69. The van der Waals surface area contributed by atoms with Crippen LogP contribution in [0, 0.1) is 11.2 Å². The summed E-state index contributed by atoms with van der Waals surface area (Å²) in [7, 11) is 0. The average Bonchev–Trinajstić information content (AvgIpc) is 3.11. The molecule has 0 spiro atoms. The van der Waals surface area contributed by atoms with Gasteiger partial charge in [0.05, 0.1) is 10.4 Å². The molecule has 1 aromatic rings. The zero-order valence-electron chi connectivity index (χ0n) is 9.30. The molecule has 3 N–H and O–H groups in total. The number of nitrogens with one attached hydrogen (secondary N) is 1. The van der Waals surface area contributed by atoms with Gasteiger partial charge in [-0.25, -0.2) is 4.39 Å². The summed E-state index contributed by atoms with van der Waals surface area (Å²) in [6.07, 6.45) is 1.69. The number of hydrogen-bond donors (Lipinski definition) is 2. The van der Waals surface area contributed by atoms with Crippen LogP contribution in [0.25, 0.3) is 0 Å². The van der Waals surface area contributed by atoms with Gasteiger partial charge in [0.15, 0.2) is 0 Å². The molecule has 0 aliphatic heterocycles. The Kier molecular flexibility index (Phi) is 3.35. The Hall–Kier alpha value is -1.13. The van der Waals surface area contributed by atoms with Gasteiger partial charge in [0.1, 0.15) is 5.82 Å². The van der Waals surface area contributed by atoms with Crippen LogP contribution in [-0.2, 0) is 11.3 Å². The molecule has 0 atom stereocenters. The lowest BCUT2D eigenvalue weighted by Gasteiger charge is -2.12. The van der Waals surface area contributed by atoms with Crippen LogP contribution >= 0.6 is 11.6 Å². The lowest BCUT2D eigenvalue weighted by atomic mass is 10.1. The molecule has 2 rings (SSSR count). The van der Waals surface area contributed by atoms with Crippen LogP contribution in [-0.4, -0.2) is 12.5 Å². The smallest absolute Gasteiger partial charge is 0.227 e. The number of nitrogens with two attached hydrogens (primary N) is 1. The van der Waals surface area contributed by atoms with Crippen molar-refractivity contribution in [3.05, 3.63) is 34.6 Å². The number of halogens is 2. The molecule has 3 nitrogen and oxygen atoms in total. The number of hydrogen-bond acceptors (Lipinski definition) is 2.